The zero-order valence-corrected chi connectivity index (χ0v) is 29.6. The number of hydrogen-bond donors (Lipinski definition) is 0. The van der Waals surface area contributed by atoms with Gasteiger partial charge in [-0.3, -0.25) is 0 Å². The van der Waals surface area contributed by atoms with E-state index in [0.29, 0.717) is 5.41 Å². The van der Waals surface area contributed by atoms with Gasteiger partial charge in [0.1, 0.15) is 11.5 Å². The van der Waals surface area contributed by atoms with Gasteiger partial charge in [-0.05, 0) is 179 Å². The van der Waals surface area contributed by atoms with Crippen molar-refractivity contribution >= 4 is 40.2 Å². The molecule has 4 aromatic rings. The summed E-state index contributed by atoms with van der Waals surface area (Å²) in [4.78, 5) is 2.58. The van der Waals surface area contributed by atoms with E-state index in [2.05, 4.69) is 111 Å². The molecule has 0 radical (unpaired) electrons. The van der Waals surface area contributed by atoms with Crippen LogP contribution in [0.2, 0.25) is 0 Å². The third-order valence-electron chi connectivity index (χ3n) is 16.3. The number of hydrogen-bond acceptors (Lipinski definition) is 2. The van der Waals surface area contributed by atoms with E-state index < -0.39 is 0 Å². The molecule has 2 heterocycles. The summed E-state index contributed by atoms with van der Waals surface area (Å²) in [6.45, 7) is 9.96. The molecule has 14 rings (SSSR count). The van der Waals surface area contributed by atoms with E-state index in [4.69, 9.17) is 4.74 Å². The second kappa shape index (κ2) is 9.06. The van der Waals surface area contributed by atoms with Crippen LogP contribution in [0.25, 0.3) is 0 Å². The first kappa shape index (κ1) is 28.3. The maximum atomic E-state index is 7.33. The summed E-state index contributed by atoms with van der Waals surface area (Å²) < 4.78 is 7.33. The van der Waals surface area contributed by atoms with Crippen LogP contribution in [-0.4, -0.2) is 6.71 Å². The fourth-order valence-electron chi connectivity index (χ4n) is 14.2. The molecule has 0 atom stereocenters. The van der Waals surface area contributed by atoms with Gasteiger partial charge in [-0.1, -0.05) is 70.2 Å². The van der Waals surface area contributed by atoms with Crippen LogP contribution in [-0.2, 0) is 16.2 Å². The maximum Gasteiger partial charge on any atom is 0.256 e. The van der Waals surface area contributed by atoms with Crippen LogP contribution in [0.15, 0.2) is 78.9 Å². The van der Waals surface area contributed by atoms with E-state index in [1.807, 2.05) is 0 Å². The molecule has 8 bridgehead atoms. The van der Waals surface area contributed by atoms with Gasteiger partial charge in [0.15, 0.2) is 0 Å². The molecule has 0 spiro atoms. The van der Waals surface area contributed by atoms with Crippen LogP contribution < -0.4 is 26.0 Å². The number of para-hydroxylation sites is 2. The highest BCUT2D eigenvalue weighted by Crippen LogP contribution is 2.74. The molecule has 10 aliphatic rings. The largest absolute Gasteiger partial charge is 0.458 e. The molecular formula is C46H48BNO. The summed E-state index contributed by atoms with van der Waals surface area (Å²) in [5.74, 6) is 9.17. The Kier molecular flexibility index (Phi) is 5.23. The van der Waals surface area contributed by atoms with Gasteiger partial charge in [-0.25, -0.2) is 0 Å². The highest BCUT2D eigenvalue weighted by atomic mass is 16.5. The fraction of sp³-hybridized carbons (Fsp3) is 0.478. The van der Waals surface area contributed by atoms with Crippen LogP contribution in [0, 0.1) is 41.4 Å². The van der Waals surface area contributed by atoms with Gasteiger partial charge in [0.05, 0.1) is 0 Å². The second-order valence-electron chi connectivity index (χ2n) is 19.3. The molecule has 4 aromatic carbocycles. The Morgan fingerprint density at radius 1 is 0.612 bits per heavy atom. The molecule has 2 aliphatic heterocycles. The van der Waals surface area contributed by atoms with Crippen molar-refractivity contribution in [2.45, 2.75) is 95.3 Å². The van der Waals surface area contributed by atoms with Gasteiger partial charge < -0.3 is 9.64 Å². The molecule has 7 fully saturated rings. The summed E-state index contributed by atoms with van der Waals surface area (Å²) in [6, 6.07) is 30.7. The molecule has 0 unspecified atom stereocenters. The van der Waals surface area contributed by atoms with E-state index in [1.54, 1.807) is 5.56 Å². The molecule has 49 heavy (non-hydrogen) atoms. The van der Waals surface area contributed by atoms with E-state index in [-0.39, 0.29) is 17.5 Å². The number of nitrogens with zero attached hydrogens (tertiary/aromatic N) is 1. The summed E-state index contributed by atoms with van der Waals surface area (Å²) in [5, 5.41) is 0. The number of benzene rings is 4. The van der Waals surface area contributed by atoms with E-state index in [1.165, 1.54) is 95.9 Å². The molecule has 246 valence electrons. The zero-order valence-electron chi connectivity index (χ0n) is 29.6. The van der Waals surface area contributed by atoms with Crippen molar-refractivity contribution in [3.63, 3.8) is 0 Å². The highest BCUT2D eigenvalue weighted by Gasteiger charge is 2.67. The number of rotatable bonds is 2. The van der Waals surface area contributed by atoms with Crippen molar-refractivity contribution in [2.75, 3.05) is 4.90 Å². The SMILES string of the molecule is CC1(C)CCC(C)(C)c2cc3c(cc21)Oc1cc(C24CC5C6CC7CC5C(C2)C(C7)C6C4)cc2c1B3c1ccccc1N2c1ccccc1. The molecule has 0 aromatic heterocycles. The van der Waals surface area contributed by atoms with E-state index in [9.17, 15) is 0 Å². The fourth-order valence-corrected chi connectivity index (χ4v) is 14.2. The van der Waals surface area contributed by atoms with Crippen molar-refractivity contribution in [1.29, 1.82) is 0 Å². The van der Waals surface area contributed by atoms with Crippen LogP contribution in [0.4, 0.5) is 17.1 Å². The Balaban J connectivity index is 1.10. The molecule has 3 heteroatoms. The van der Waals surface area contributed by atoms with Gasteiger partial charge in [-0.15, -0.1) is 0 Å². The van der Waals surface area contributed by atoms with Gasteiger partial charge >= 0.3 is 0 Å². The zero-order chi connectivity index (χ0) is 32.6. The standard InChI is InChI=1S/C46H48BNO/c1-44(2)14-15-45(3,4)36-22-41-38(21-35(36)44)47-37-12-8-9-13-39(37)48(28-10-6-5-7-11-28)40-19-27(20-42(49-41)43(40)47)46-23-32-29-16-26-17-30(32)34(25-46)31(18-26)33(29)24-46/h5-13,19-22,26,29-34H,14-18,23-25H2,1-4H3. The molecule has 0 amide bonds. The Morgan fingerprint density at radius 3 is 1.90 bits per heavy atom. The number of ether oxygens (including phenoxy) is 1. The summed E-state index contributed by atoms with van der Waals surface area (Å²) >= 11 is 0. The Hall–Kier alpha value is -3.46. The number of anilines is 3. The highest BCUT2D eigenvalue weighted by molar-refractivity contribution is 6.99. The topological polar surface area (TPSA) is 12.5 Å². The lowest BCUT2D eigenvalue weighted by Crippen LogP contribution is -2.66. The minimum absolute atomic E-state index is 0.142. The third kappa shape index (κ3) is 3.51. The molecule has 7 saturated carbocycles. The Morgan fingerprint density at radius 2 is 1.22 bits per heavy atom. The van der Waals surface area contributed by atoms with Gasteiger partial charge in [0.25, 0.3) is 6.71 Å². The molecule has 8 aliphatic carbocycles. The summed E-state index contributed by atoms with van der Waals surface area (Å²) in [5.41, 5.74) is 13.2. The number of fused-ring (bicyclic) bond motifs is 5. The first-order valence-corrected chi connectivity index (χ1v) is 19.7. The van der Waals surface area contributed by atoms with Crippen LogP contribution in [0.5, 0.6) is 11.5 Å². The van der Waals surface area contributed by atoms with Crippen molar-refractivity contribution in [1.82, 2.24) is 0 Å². The van der Waals surface area contributed by atoms with Crippen molar-refractivity contribution < 1.29 is 4.74 Å². The third-order valence-corrected chi connectivity index (χ3v) is 16.3. The minimum atomic E-state index is 0.142. The predicted molar refractivity (Wildman–Crippen MR) is 201 cm³/mol. The van der Waals surface area contributed by atoms with Gasteiger partial charge in [0, 0.05) is 17.1 Å². The lowest BCUT2D eigenvalue weighted by Gasteiger charge is -2.72. The van der Waals surface area contributed by atoms with Crippen molar-refractivity contribution in [3.05, 3.63) is 95.6 Å². The predicted octanol–water partition coefficient (Wildman–Crippen LogP) is 9.40. The van der Waals surface area contributed by atoms with Gasteiger partial charge in [-0.2, -0.15) is 0 Å². The van der Waals surface area contributed by atoms with Gasteiger partial charge in [0.2, 0.25) is 0 Å². The van der Waals surface area contributed by atoms with Crippen LogP contribution >= 0.6 is 0 Å². The molecule has 0 saturated heterocycles. The van der Waals surface area contributed by atoms with Crippen LogP contribution in [0.1, 0.15) is 95.8 Å². The average molecular weight is 642 g/mol. The summed E-state index contributed by atoms with van der Waals surface area (Å²) in [6.07, 6.45) is 11.3. The maximum absolute atomic E-state index is 7.33. The monoisotopic (exact) mass is 641 g/mol. The smallest absolute Gasteiger partial charge is 0.256 e. The van der Waals surface area contributed by atoms with Crippen molar-refractivity contribution in [2.24, 2.45) is 41.4 Å². The Bertz CT molecular complexity index is 2030. The summed E-state index contributed by atoms with van der Waals surface area (Å²) in [7, 11) is 0. The molecule has 2 nitrogen and oxygen atoms in total. The van der Waals surface area contributed by atoms with E-state index in [0.717, 1.165) is 52.9 Å². The molecule has 0 N–H and O–H groups in total. The van der Waals surface area contributed by atoms with E-state index >= 15 is 0 Å². The van der Waals surface area contributed by atoms with Crippen LogP contribution in [0.3, 0.4) is 0 Å². The quantitative estimate of drug-likeness (QED) is 0.175. The Labute approximate surface area is 292 Å². The average Bonchev–Trinajstić information content (AvgIpc) is 3.11. The minimum Gasteiger partial charge on any atom is -0.458 e. The first-order chi connectivity index (χ1) is 23.7. The lowest BCUT2D eigenvalue weighted by atomic mass is 9.32. The van der Waals surface area contributed by atoms with Crippen molar-refractivity contribution in [3.8, 4) is 11.5 Å². The molecular weight excluding hydrogens is 593 g/mol. The normalized spacial score (nSPS) is 35.4. The lowest BCUT2D eigenvalue weighted by molar-refractivity contribution is -0.212. The second-order valence-corrected chi connectivity index (χ2v) is 19.3. The first-order valence-electron chi connectivity index (χ1n) is 19.7.